The summed E-state index contributed by atoms with van der Waals surface area (Å²) in [6.45, 7) is 6.33. The second kappa shape index (κ2) is 7.98. The lowest BCUT2D eigenvalue weighted by Gasteiger charge is -2.36. The Labute approximate surface area is 148 Å². The standard InChI is InChI=1S/C19H24N4O2/c1-14-12-23(13-15(2)25-14)18-8-6-16(7-9-18)22-19(24)21-11-17-5-3-4-10-20-17/h3-10,14-15H,11-13H2,1-2H3,(H2,21,22,24). The number of hydrogen-bond donors (Lipinski definition) is 2. The molecule has 6 heteroatoms. The van der Waals surface area contributed by atoms with Crippen LogP contribution in [0.1, 0.15) is 19.5 Å². The Balaban J connectivity index is 1.52. The van der Waals surface area contributed by atoms with E-state index in [1.165, 1.54) is 0 Å². The summed E-state index contributed by atoms with van der Waals surface area (Å²) in [6.07, 6.45) is 2.15. The van der Waals surface area contributed by atoms with Crippen molar-refractivity contribution in [3.05, 3.63) is 54.4 Å². The molecular weight excluding hydrogens is 316 g/mol. The predicted molar refractivity (Wildman–Crippen MR) is 98.8 cm³/mol. The summed E-state index contributed by atoms with van der Waals surface area (Å²) in [5, 5.41) is 5.64. The van der Waals surface area contributed by atoms with E-state index in [4.69, 9.17) is 4.74 Å². The fourth-order valence-corrected chi connectivity index (χ4v) is 2.99. The number of nitrogens with zero attached hydrogens (tertiary/aromatic N) is 2. The summed E-state index contributed by atoms with van der Waals surface area (Å²) >= 11 is 0. The van der Waals surface area contributed by atoms with Crippen LogP contribution in [-0.4, -0.2) is 36.3 Å². The Kier molecular flexibility index (Phi) is 5.50. The molecule has 1 saturated heterocycles. The molecule has 2 N–H and O–H groups in total. The van der Waals surface area contributed by atoms with Gasteiger partial charge in [0.15, 0.2) is 0 Å². The minimum absolute atomic E-state index is 0.221. The number of amides is 2. The number of pyridine rings is 1. The molecule has 3 rings (SSSR count). The first-order valence-corrected chi connectivity index (χ1v) is 8.55. The van der Waals surface area contributed by atoms with Gasteiger partial charge in [-0.1, -0.05) is 6.07 Å². The average molecular weight is 340 g/mol. The normalized spacial score (nSPS) is 20.2. The van der Waals surface area contributed by atoms with Gasteiger partial charge in [-0.05, 0) is 50.2 Å². The van der Waals surface area contributed by atoms with E-state index in [0.29, 0.717) is 6.54 Å². The van der Waals surface area contributed by atoms with Crippen molar-refractivity contribution in [2.45, 2.75) is 32.6 Å². The van der Waals surface area contributed by atoms with Gasteiger partial charge < -0.3 is 20.3 Å². The molecule has 25 heavy (non-hydrogen) atoms. The van der Waals surface area contributed by atoms with Crippen molar-refractivity contribution in [2.75, 3.05) is 23.3 Å². The Hall–Kier alpha value is -2.60. The molecule has 0 saturated carbocycles. The predicted octanol–water partition coefficient (Wildman–Crippen LogP) is 3.02. The highest BCUT2D eigenvalue weighted by atomic mass is 16.5. The first kappa shape index (κ1) is 17.2. The highest BCUT2D eigenvalue weighted by molar-refractivity contribution is 5.89. The van der Waals surface area contributed by atoms with Crippen LogP contribution < -0.4 is 15.5 Å². The van der Waals surface area contributed by atoms with E-state index in [1.807, 2.05) is 42.5 Å². The number of anilines is 2. The molecular formula is C19H24N4O2. The molecule has 1 aromatic carbocycles. The monoisotopic (exact) mass is 340 g/mol. The molecule has 2 atom stereocenters. The Morgan fingerprint density at radius 1 is 1.16 bits per heavy atom. The molecule has 1 aliphatic heterocycles. The number of benzene rings is 1. The summed E-state index contributed by atoms with van der Waals surface area (Å²) in [5.74, 6) is 0. The number of hydrogen-bond acceptors (Lipinski definition) is 4. The maximum absolute atomic E-state index is 12.0. The van der Waals surface area contributed by atoms with Crippen molar-refractivity contribution in [3.8, 4) is 0 Å². The van der Waals surface area contributed by atoms with Gasteiger partial charge in [0.1, 0.15) is 0 Å². The summed E-state index contributed by atoms with van der Waals surface area (Å²) < 4.78 is 5.77. The number of rotatable bonds is 4. The van der Waals surface area contributed by atoms with Crippen molar-refractivity contribution in [1.82, 2.24) is 10.3 Å². The zero-order valence-electron chi connectivity index (χ0n) is 14.6. The third kappa shape index (κ3) is 4.93. The van der Waals surface area contributed by atoms with Crippen LogP contribution in [0.15, 0.2) is 48.7 Å². The van der Waals surface area contributed by atoms with E-state index in [1.54, 1.807) is 6.20 Å². The zero-order chi connectivity index (χ0) is 17.6. The largest absolute Gasteiger partial charge is 0.372 e. The second-order valence-corrected chi connectivity index (χ2v) is 6.34. The van der Waals surface area contributed by atoms with Gasteiger partial charge in [-0.2, -0.15) is 0 Å². The van der Waals surface area contributed by atoms with Gasteiger partial charge >= 0.3 is 6.03 Å². The average Bonchev–Trinajstić information content (AvgIpc) is 2.61. The first-order chi connectivity index (χ1) is 12.1. The van der Waals surface area contributed by atoms with Crippen LogP contribution in [0.5, 0.6) is 0 Å². The Morgan fingerprint density at radius 3 is 2.52 bits per heavy atom. The number of aromatic nitrogens is 1. The number of morpholine rings is 1. The third-order valence-electron chi connectivity index (χ3n) is 4.07. The zero-order valence-corrected chi connectivity index (χ0v) is 14.6. The quantitative estimate of drug-likeness (QED) is 0.898. The van der Waals surface area contributed by atoms with Gasteiger partial charge in [0.05, 0.1) is 24.4 Å². The van der Waals surface area contributed by atoms with Crippen LogP contribution >= 0.6 is 0 Å². The lowest BCUT2D eigenvalue weighted by Crippen LogP contribution is -2.45. The van der Waals surface area contributed by atoms with Crippen molar-refractivity contribution in [2.24, 2.45) is 0 Å². The molecule has 2 unspecified atom stereocenters. The summed E-state index contributed by atoms with van der Waals surface area (Å²) in [5.41, 5.74) is 2.72. The summed E-state index contributed by atoms with van der Waals surface area (Å²) in [6, 6.07) is 13.3. The summed E-state index contributed by atoms with van der Waals surface area (Å²) in [4.78, 5) is 18.5. The van der Waals surface area contributed by atoms with E-state index in [0.717, 1.165) is 30.2 Å². The van der Waals surface area contributed by atoms with Crippen LogP contribution in [0.2, 0.25) is 0 Å². The van der Waals surface area contributed by atoms with Gasteiger partial charge in [0, 0.05) is 30.7 Å². The molecule has 0 aliphatic carbocycles. The SMILES string of the molecule is CC1CN(c2ccc(NC(=O)NCc3ccccn3)cc2)CC(C)O1. The van der Waals surface area contributed by atoms with Gasteiger partial charge in [0.2, 0.25) is 0 Å². The molecule has 132 valence electrons. The Bertz CT molecular complexity index is 680. The minimum Gasteiger partial charge on any atom is -0.372 e. The maximum Gasteiger partial charge on any atom is 0.319 e. The van der Waals surface area contributed by atoms with Crippen molar-refractivity contribution < 1.29 is 9.53 Å². The van der Waals surface area contributed by atoms with E-state index < -0.39 is 0 Å². The number of ether oxygens (including phenoxy) is 1. The molecule has 1 aromatic heterocycles. The topological polar surface area (TPSA) is 66.5 Å². The van der Waals surface area contributed by atoms with Crippen LogP contribution in [0.4, 0.5) is 16.2 Å². The van der Waals surface area contributed by atoms with E-state index in [9.17, 15) is 4.79 Å². The van der Waals surface area contributed by atoms with Crippen molar-refractivity contribution in [3.63, 3.8) is 0 Å². The van der Waals surface area contributed by atoms with Crippen LogP contribution in [0, 0.1) is 0 Å². The van der Waals surface area contributed by atoms with Gasteiger partial charge in [-0.25, -0.2) is 4.79 Å². The fraction of sp³-hybridized carbons (Fsp3) is 0.368. The molecule has 1 aliphatic rings. The van der Waals surface area contributed by atoms with E-state index in [-0.39, 0.29) is 18.2 Å². The number of carbonyl (C=O) groups excluding carboxylic acids is 1. The molecule has 1 fully saturated rings. The maximum atomic E-state index is 12.0. The van der Waals surface area contributed by atoms with Gasteiger partial charge in [-0.15, -0.1) is 0 Å². The molecule has 2 aromatic rings. The first-order valence-electron chi connectivity index (χ1n) is 8.55. The smallest absolute Gasteiger partial charge is 0.319 e. The lowest BCUT2D eigenvalue weighted by atomic mass is 10.2. The number of nitrogens with one attached hydrogen (secondary N) is 2. The molecule has 2 heterocycles. The molecule has 0 bridgehead atoms. The molecule has 2 amide bonds. The minimum atomic E-state index is -0.243. The third-order valence-corrected chi connectivity index (χ3v) is 4.07. The highest BCUT2D eigenvalue weighted by Crippen LogP contribution is 2.22. The van der Waals surface area contributed by atoms with Gasteiger partial charge in [0.25, 0.3) is 0 Å². The number of urea groups is 1. The summed E-state index contributed by atoms with van der Waals surface area (Å²) in [7, 11) is 0. The molecule has 0 radical (unpaired) electrons. The highest BCUT2D eigenvalue weighted by Gasteiger charge is 2.22. The van der Waals surface area contributed by atoms with Crippen LogP contribution in [0.25, 0.3) is 0 Å². The Morgan fingerprint density at radius 2 is 1.88 bits per heavy atom. The number of carbonyl (C=O) groups is 1. The second-order valence-electron chi connectivity index (χ2n) is 6.34. The van der Waals surface area contributed by atoms with E-state index in [2.05, 4.69) is 34.4 Å². The van der Waals surface area contributed by atoms with Crippen LogP contribution in [0.3, 0.4) is 0 Å². The van der Waals surface area contributed by atoms with Crippen LogP contribution in [-0.2, 0) is 11.3 Å². The van der Waals surface area contributed by atoms with E-state index >= 15 is 0 Å². The van der Waals surface area contributed by atoms with Crippen molar-refractivity contribution in [1.29, 1.82) is 0 Å². The fourth-order valence-electron chi connectivity index (χ4n) is 2.99. The van der Waals surface area contributed by atoms with Gasteiger partial charge in [-0.3, -0.25) is 4.98 Å². The molecule has 0 spiro atoms. The molecule has 6 nitrogen and oxygen atoms in total. The van der Waals surface area contributed by atoms with Crippen molar-refractivity contribution >= 4 is 17.4 Å². The lowest BCUT2D eigenvalue weighted by molar-refractivity contribution is -0.00521.